The van der Waals surface area contributed by atoms with Gasteiger partial charge in [-0.3, -0.25) is 14.5 Å². The van der Waals surface area contributed by atoms with Crippen molar-refractivity contribution in [2.75, 3.05) is 38.0 Å². The topological polar surface area (TPSA) is 52.7 Å². The Morgan fingerprint density at radius 3 is 2.07 bits per heavy atom. The molecule has 9 heteroatoms. The Hall–Kier alpha value is -0.720. The van der Waals surface area contributed by atoms with Gasteiger partial charge in [0.1, 0.15) is 0 Å². The Labute approximate surface area is 185 Å². The highest BCUT2D eigenvalue weighted by Crippen LogP contribution is 2.41. The third-order valence-corrected chi connectivity index (χ3v) is 6.96. The van der Waals surface area contributed by atoms with Crippen molar-refractivity contribution in [2.45, 2.75) is 32.1 Å². The van der Waals surface area contributed by atoms with Crippen LogP contribution in [0.25, 0.3) is 0 Å². The lowest BCUT2D eigenvalue weighted by atomic mass is 9.88. The van der Waals surface area contributed by atoms with Crippen molar-refractivity contribution in [3.63, 3.8) is 0 Å². The molecule has 1 aliphatic carbocycles. The number of hydrogen-bond donors (Lipinski definition) is 1. The molecule has 0 spiro atoms. The molecule has 0 radical (unpaired) electrons. The zero-order valence-electron chi connectivity index (χ0n) is 15.4. The zero-order valence-corrected chi connectivity index (χ0v) is 18.5. The van der Waals surface area contributed by atoms with Gasteiger partial charge in [-0.2, -0.15) is 0 Å². The number of benzene rings is 1. The Kier molecular flexibility index (Phi) is 7.74. The molecule has 1 saturated heterocycles. The molecule has 2 fully saturated rings. The van der Waals surface area contributed by atoms with Gasteiger partial charge in [-0.1, -0.05) is 65.7 Å². The molecule has 1 saturated carbocycles. The van der Waals surface area contributed by atoms with E-state index in [1.54, 1.807) is 0 Å². The van der Waals surface area contributed by atoms with Crippen LogP contribution < -0.4 is 5.32 Å². The summed E-state index contributed by atoms with van der Waals surface area (Å²) in [4.78, 5) is 29.0. The van der Waals surface area contributed by atoms with E-state index in [2.05, 4.69) is 5.32 Å². The fraction of sp³-hybridized carbons (Fsp3) is 0.579. The van der Waals surface area contributed by atoms with Crippen molar-refractivity contribution in [3.8, 4) is 0 Å². The predicted octanol–water partition coefficient (Wildman–Crippen LogP) is 4.96. The van der Waals surface area contributed by atoms with E-state index in [-0.39, 0.29) is 50.1 Å². The number of carbonyl (C=O) groups excluding carboxylic acids is 2. The summed E-state index contributed by atoms with van der Waals surface area (Å²) in [5.74, 6) is 0.200. The molecule has 0 aromatic heterocycles. The summed E-state index contributed by atoms with van der Waals surface area (Å²) >= 11 is 24.3. The van der Waals surface area contributed by atoms with Crippen LogP contribution in [0.4, 0.5) is 5.69 Å². The van der Waals surface area contributed by atoms with E-state index in [0.29, 0.717) is 26.2 Å². The Bertz CT molecular complexity index is 719. The molecule has 0 bridgehead atoms. The van der Waals surface area contributed by atoms with E-state index >= 15 is 0 Å². The van der Waals surface area contributed by atoms with Crippen molar-refractivity contribution >= 4 is 63.9 Å². The fourth-order valence-electron chi connectivity index (χ4n) is 3.80. The molecule has 1 aromatic carbocycles. The highest BCUT2D eigenvalue weighted by Gasteiger charge is 2.29. The van der Waals surface area contributed by atoms with Gasteiger partial charge in [0, 0.05) is 32.1 Å². The molecule has 28 heavy (non-hydrogen) atoms. The van der Waals surface area contributed by atoms with Crippen molar-refractivity contribution in [3.05, 3.63) is 26.2 Å². The summed E-state index contributed by atoms with van der Waals surface area (Å²) in [6.07, 6.45) is 5.54. The molecule has 1 aromatic rings. The van der Waals surface area contributed by atoms with E-state index in [4.69, 9.17) is 46.4 Å². The SMILES string of the molecule is O=C(CN1CCN(C(=O)C2CCCCC2)CC1)Nc1c(Cl)c(Cl)cc(Cl)c1Cl. The first-order valence-corrected chi connectivity index (χ1v) is 11.0. The largest absolute Gasteiger partial charge is 0.340 e. The standard InChI is InChI=1S/C19H23Cl4N3O2/c20-13-10-14(21)17(23)18(16(13)22)24-15(27)11-25-6-8-26(9-7-25)19(28)12-4-2-1-3-5-12/h10,12H,1-9,11H2,(H,24,27). The van der Waals surface area contributed by atoms with Gasteiger partial charge in [0.2, 0.25) is 11.8 Å². The first kappa shape index (κ1) is 22.0. The van der Waals surface area contributed by atoms with Gasteiger partial charge < -0.3 is 10.2 Å². The van der Waals surface area contributed by atoms with E-state index < -0.39 is 0 Å². The second-order valence-corrected chi connectivity index (χ2v) is 8.90. The smallest absolute Gasteiger partial charge is 0.238 e. The van der Waals surface area contributed by atoms with E-state index in [9.17, 15) is 9.59 Å². The number of anilines is 1. The number of halogens is 4. The normalized spacial score (nSPS) is 18.9. The molecule has 2 amide bonds. The molecular formula is C19H23Cl4N3O2. The second kappa shape index (κ2) is 9.86. The Balaban J connectivity index is 1.51. The lowest BCUT2D eigenvalue weighted by molar-refractivity contribution is -0.138. The number of hydrogen-bond acceptors (Lipinski definition) is 3. The van der Waals surface area contributed by atoms with Crippen LogP contribution in [0.3, 0.4) is 0 Å². The monoisotopic (exact) mass is 465 g/mol. The van der Waals surface area contributed by atoms with Gasteiger partial charge >= 0.3 is 0 Å². The lowest BCUT2D eigenvalue weighted by Gasteiger charge is -2.36. The van der Waals surface area contributed by atoms with Crippen molar-refractivity contribution in [1.29, 1.82) is 0 Å². The van der Waals surface area contributed by atoms with Gasteiger partial charge in [0.15, 0.2) is 0 Å². The number of carbonyl (C=O) groups is 2. The quantitative estimate of drug-likeness (QED) is 0.637. The molecule has 2 aliphatic rings. The number of nitrogens with zero attached hydrogens (tertiary/aromatic N) is 2. The minimum Gasteiger partial charge on any atom is -0.340 e. The molecular weight excluding hydrogens is 444 g/mol. The second-order valence-electron chi connectivity index (χ2n) is 7.33. The maximum absolute atomic E-state index is 12.6. The van der Waals surface area contributed by atoms with Crippen molar-refractivity contribution in [1.82, 2.24) is 9.80 Å². The third-order valence-electron chi connectivity index (χ3n) is 5.38. The number of nitrogens with one attached hydrogen (secondary N) is 1. The van der Waals surface area contributed by atoms with Crippen LogP contribution in [0.5, 0.6) is 0 Å². The zero-order chi connectivity index (χ0) is 20.3. The van der Waals surface area contributed by atoms with Crippen LogP contribution in [0.1, 0.15) is 32.1 Å². The summed E-state index contributed by atoms with van der Waals surface area (Å²) < 4.78 is 0. The molecule has 1 heterocycles. The minimum atomic E-state index is -0.255. The average Bonchev–Trinajstić information content (AvgIpc) is 2.70. The summed E-state index contributed by atoms with van der Waals surface area (Å²) in [6.45, 7) is 2.79. The van der Waals surface area contributed by atoms with Gasteiger partial charge in [-0.15, -0.1) is 0 Å². The van der Waals surface area contributed by atoms with Gasteiger partial charge in [0.25, 0.3) is 0 Å². The fourth-order valence-corrected chi connectivity index (χ4v) is 4.70. The summed E-state index contributed by atoms with van der Waals surface area (Å²) in [7, 11) is 0. The first-order chi connectivity index (χ1) is 13.4. The minimum absolute atomic E-state index is 0.160. The van der Waals surface area contributed by atoms with Gasteiger partial charge in [-0.25, -0.2) is 0 Å². The van der Waals surface area contributed by atoms with E-state index in [1.807, 2.05) is 9.80 Å². The number of amides is 2. The number of rotatable bonds is 4. The summed E-state index contributed by atoms with van der Waals surface area (Å²) in [5.41, 5.74) is 0.219. The van der Waals surface area contributed by atoms with Crippen LogP contribution in [0.15, 0.2) is 6.07 Å². The summed E-state index contributed by atoms with van der Waals surface area (Å²) in [6, 6.07) is 1.44. The molecule has 154 valence electrons. The third kappa shape index (κ3) is 5.25. The maximum atomic E-state index is 12.6. The number of piperazine rings is 1. The highest BCUT2D eigenvalue weighted by molar-refractivity contribution is 6.50. The molecule has 5 nitrogen and oxygen atoms in total. The lowest BCUT2D eigenvalue weighted by Crippen LogP contribution is -2.52. The highest BCUT2D eigenvalue weighted by atomic mass is 35.5. The van der Waals surface area contributed by atoms with E-state index in [1.165, 1.54) is 12.5 Å². The Morgan fingerprint density at radius 1 is 0.929 bits per heavy atom. The first-order valence-electron chi connectivity index (χ1n) is 9.50. The molecule has 0 unspecified atom stereocenters. The van der Waals surface area contributed by atoms with E-state index in [0.717, 1.165) is 25.7 Å². The molecule has 1 aliphatic heterocycles. The van der Waals surface area contributed by atoms with Crippen LogP contribution >= 0.6 is 46.4 Å². The van der Waals surface area contributed by atoms with Crippen LogP contribution in [0.2, 0.25) is 20.1 Å². The molecule has 0 atom stereocenters. The molecule has 3 rings (SSSR count). The van der Waals surface area contributed by atoms with Crippen LogP contribution in [0, 0.1) is 5.92 Å². The molecule has 1 N–H and O–H groups in total. The average molecular weight is 467 g/mol. The Morgan fingerprint density at radius 2 is 1.50 bits per heavy atom. The van der Waals surface area contributed by atoms with Gasteiger partial charge in [0.05, 0.1) is 32.3 Å². The van der Waals surface area contributed by atoms with Crippen LogP contribution in [-0.4, -0.2) is 54.3 Å². The van der Waals surface area contributed by atoms with Crippen molar-refractivity contribution in [2.24, 2.45) is 5.92 Å². The van der Waals surface area contributed by atoms with Crippen LogP contribution in [-0.2, 0) is 9.59 Å². The van der Waals surface area contributed by atoms with Crippen molar-refractivity contribution < 1.29 is 9.59 Å². The maximum Gasteiger partial charge on any atom is 0.238 e. The summed E-state index contributed by atoms with van der Waals surface area (Å²) in [5, 5.41) is 3.46. The predicted molar refractivity (Wildman–Crippen MR) is 115 cm³/mol. The van der Waals surface area contributed by atoms with Gasteiger partial charge in [-0.05, 0) is 18.9 Å².